The Hall–Kier alpha value is -4.62. The number of hydrogen-bond acceptors (Lipinski definition) is 8. The lowest BCUT2D eigenvalue weighted by Gasteiger charge is -2.38. The minimum Gasteiger partial charge on any atom is -0.467 e. The molecule has 2 aliphatic heterocycles. The third-order valence-corrected chi connectivity index (χ3v) is 10.8. The van der Waals surface area contributed by atoms with E-state index >= 15 is 0 Å². The minimum absolute atomic E-state index is 0.0262. The molecule has 2 N–H and O–H groups in total. The molecular weight excluding hydrogens is 666 g/mol. The van der Waals surface area contributed by atoms with E-state index in [2.05, 4.69) is 15.7 Å². The van der Waals surface area contributed by atoms with E-state index in [0.29, 0.717) is 51.4 Å². The highest BCUT2D eigenvalue weighted by molar-refractivity contribution is 5.96. The molecule has 52 heavy (non-hydrogen) atoms. The van der Waals surface area contributed by atoms with E-state index in [9.17, 15) is 24.0 Å². The molecule has 2 atom stereocenters. The Labute approximate surface area is 305 Å². The Balaban J connectivity index is 1.13. The largest absolute Gasteiger partial charge is 0.467 e. The van der Waals surface area contributed by atoms with Gasteiger partial charge in [0.25, 0.3) is 11.8 Å². The smallest absolute Gasteiger partial charge is 0.409 e. The fraction of sp³-hybridized carbons (Fsp3) is 0.632. The van der Waals surface area contributed by atoms with Crippen LogP contribution in [0.2, 0.25) is 0 Å². The second kappa shape index (κ2) is 17.7. The lowest BCUT2D eigenvalue weighted by Crippen LogP contribution is -2.58. The van der Waals surface area contributed by atoms with Crippen molar-refractivity contribution >= 4 is 29.7 Å². The van der Waals surface area contributed by atoms with E-state index in [0.717, 1.165) is 70.6 Å². The third-order valence-electron chi connectivity index (χ3n) is 10.8. The van der Waals surface area contributed by atoms with Crippen LogP contribution in [0.3, 0.4) is 0 Å². The van der Waals surface area contributed by atoms with Crippen molar-refractivity contribution in [3.8, 4) is 11.6 Å². The van der Waals surface area contributed by atoms with Crippen molar-refractivity contribution in [1.82, 2.24) is 35.1 Å². The van der Waals surface area contributed by atoms with Crippen molar-refractivity contribution in [1.29, 1.82) is 0 Å². The quantitative estimate of drug-likeness (QED) is 0.297. The first kappa shape index (κ1) is 37.1. The molecule has 14 heteroatoms. The van der Waals surface area contributed by atoms with Gasteiger partial charge < -0.3 is 34.8 Å². The molecule has 0 radical (unpaired) electrons. The van der Waals surface area contributed by atoms with Gasteiger partial charge in [-0.25, -0.2) is 9.48 Å². The van der Waals surface area contributed by atoms with E-state index in [1.807, 2.05) is 37.3 Å². The van der Waals surface area contributed by atoms with Gasteiger partial charge >= 0.3 is 6.09 Å². The zero-order chi connectivity index (χ0) is 36.5. The number of unbranched alkanes of at least 4 members (excludes halogenated alkanes) is 1. The summed E-state index contributed by atoms with van der Waals surface area (Å²) < 4.78 is 12.9. The van der Waals surface area contributed by atoms with Crippen LogP contribution < -0.4 is 15.4 Å². The standard InChI is InChI=1S/C38H53N7O7/c1-2-3-24-51-38(50)43-22-20-42(21-23-43)37(49)34(27-12-6-4-7-13-27)40-35(47)30-25-33(45(41-30)29-16-8-5-9-17-29)52-26-32(46)44-19-11-18-31(44)36(48)39-28-14-10-15-28/h5,8-9,16-17,25,27-28,31,34H,2-4,6-7,10-15,18-24,26H2,1H3,(H,39,48)(H,40,47). The molecule has 0 spiro atoms. The number of nitrogens with zero attached hydrogens (tertiary/aromatic N) is 5. The van der Waals surface area contributed by atoms with Crippen molar-refractivity contribution in [2.24, 2.45) is 5.92 Å². The van der Waals surface area contributed by atoms with Crippen molar-refractivity contribution in [2.75, 3.05) is 45.9 Å². The van der Waals surface area contributed by atoms with Gasteiger partial charge in [-0.05, 0) is 69.4 Å². The van der Waals surface area contributed by atoms with Gasteiger partial charge in [-0.2, -0.15) is 5.10 Å². The number of benzene rings is 1. The molecule has 4 fully saturated rings. The molecule has 2 unspecified atom stereocenters. The lowest BCUT2D eigenvalue weighted by molar-refractivity contribution is -0.140. The predicted molar refractivity (Wildman–Crippen MR) is 192 cm³/mol. The van der Waals surface area contributed by atoms with Crippen molar-refractivity contribution in [3.63, 3.8) is 0 Å². The Morgan fingerprint density at radius 1 is 0.865 bits per heavy atom. The highest BCUT2D eigenvalue weighted by Crippen LogP contribution is 2.29. The molecule has 5 amide bonds. The number of rotatable bonds is 13. The van der Waals surface area contributed by atoms with Gasteiger partial charge in [0.05, 0.1) is 12.3 Å². The predicted octanol–water partition coefficient (Wildman–Crippen LogP) is 3.67. The number of hydrogen-bond donors (Lipinski definition) is 2. The Bertz CT molecular complexity index is 1550. The number of carbonyl (C=O) groups excluding carboxylic acids is 5. The summed E-state index contributed by atoms with van der Waals surface area (Å²) >= 11 is 0. The summed E-state index contributed by atoms with van der Waals surface area (Å²) in [5, 5.41) is 10.7. The van der Waals surface area contributed by atoms with Gasteiger partial charge in [-0.15, -0.1) is 0 Å². The first-order valence-electron chi connectivity index (χ1n) is 19.2. The average molecular weight is 720 g/mol. The van der Waals surface area contributed by atoms with Crippen molar-refractivity contribution in [3.05, 3.63) is 42.1 Å². The van der Waals surface area contributed by atoms with Crippen LogP contribution in [0.5, 0.6) is 5.88 Å². The van der Waals surface area contributed by atoms with Crippen LogP contribution in [0, 0.1) is 5.92 Å². The van der Waals surface area contributed by atoms with Crippen LogP contribution in [0.25, 0.3) is 5.69 Å². The second-order valence-electron chi connectivity index (χ2n) is 14.4. The summed E-state index contributed by atoms with van der Waals surface area (Å²) in [6.07, 6.45) is 10.5. The maximum Gasteiger partial charge on any atom is 0.409 e. The van der Waals surface area contributed by atoms with Gasteiger partial charge in [-0.1, -0.05) is 50.8 Å². The first-order valence-corrected chi connectivity index (χ1v) is 19.2. The highest BCUT2D eigenvalue weighted by atomic mass is 16.6. The molecule has 6 rings (SSSR count). The van der Waals surface area contributed by atoms with Gasteiger partial charge in [0, 0.05) is 44.8 Å². The highest BCUT2D eigenvalue weighted by Gasteiger charge is 2.38. The van der Waals surface area contributed by atoms with Crippen LogP contribution in [-0.4, -0.2) is 118 Å². The summed E-state index contributed by atoms with van der Waals surface area (Å²) in [5.41, 5.74) is 0.687. The van der Waals surface area contributed by atoms with Crippen LogP contribution >= 0.6 is 0 Å². The topological polar surface area (TPSA) is 155 Å². The van der Waals surface area contributed by atoms with E-state index < -0.39 is 18.0 Å². The summed E-state index contributed by atoms with van der Waals surface area (Å²) in [4.78, 5) is 71.8. The molecule has 3 heterocycles. The minimum atomic E-state index is -0.748. The van der Waals surface area contributed by atoms with Gasteiger partial charge in [-0.3, -0.25) is 19.2 Å². The van der Waals surface area contributed by atoms with E-state index in [1.165, 1.54) is 10.7 Å². The van der Waals surface area contributed by atoms with Gasteiger partial charge in [0.1, 0.15) is 12.1 Å². The van der Waals surface area contributed by atoms with E-state index in [4.69, 9.17) is 9.47 Å². The lowest BCUT2D eigenvalue weighted by atomic mass is 9.83. The number of amides is 5. The molecule has 0 bridgehead atoms. The maximum atomic E-state index is 14.1. The van der Waals surface area contributed by atoms with Crippen LogP contribution in [0.1, 0.15) is 94.5 Å². The number of carbonyl (C=O) groups is 5. The molecule has 14 nitrogen and oxygen atoms in total. The summed E-state index contributed by atoms with van der Waals surface area (Å²) in [5.74, 6) is -0.929. The molecule has 1 aromatic heterocycles. The summed E-state index contributed by atoms with van der Waals surface area (Å²) in [6, 6.07) is 9.59. The van der Waals surface area contributed by atoms with Crippen molar-refractivity contribution in [2.45, 2.75) is 102 Å². The number of para-hydroxylation sites is 1. The second-order valence-corrected chi connectivity index (χ2v) is 14.4. The molecule has 282 valence electrons. The molecule has 2 saturated heterocycles. The Kier molecular flexibility index (Phi) is 12.7. The van der Waals surface area contributed by atoms with E-state index in [1.54, 1.807) is 14.7 Å². The number of ether oxygens (including phenoxy) is 2. The van der Waals surface area contributed by atoms with Crippen LogP contribution in [0.4, 0.5) is 4.79 Å². The van der Waals surface area contributed by atoms with E-state index in [-0.39, 0.29) is 54.0 Å². The molecule has 2 aromatic rings. The monoisotopic (exact) mass is 719 g/mol. The zero-order valence-corrected chi connectivity index (χ0v) is 30.3. The molecular formula is C38H53N7O7. The third kappa shape index (κ3) is 9.05. The van der Waals surface area contributed by atoms with Crippen LogP contribution in [0.15, 0.2) is 36.4 Å². The average Bonchev–Trinajstić information content (AvgIpc) is 3.83. The Morgan fingerprint density at radius 2 is 1.60 bits per heavy atom. The molecule has 4 aliphatic rings. The number of piperazine rings is 1. The molecule has 2 aliphatic carbocycles. The number of nitrogens with one attached hydrogen (secondary N) is 2. The normalized spacial score (nSPS) is 20.2. The van der Waals surface area contributed by atoms with Gasteiger partial charge in [0.2, 0.25) is 17.7 Å². The first-order chi connectivity index (χ1) is 25.3. The van der Waals surface area contributed by atoms with Crippen molar-refractivity contribution < 1.29 is 33.4 Å². The molecule has 2 saturated carbocycles. The number of aromatic nitrogens is 2. The Morgan fingerprint density at radius 3 is 2.29 bits per heavy atom. The fourth-order valence-electron chi connectivity index (χ4n) is 7.50. The van der Waals surface area contributed by atoms with Crippen LogP contribution in [-0.2, 0) is 19.1 Å². The van der Waals surface area contributed by atoms with Gasteiger partial charge in [0.15, 0.2) is 12.3 Å². The molecule has 1 aromatic carbocycles. The maximum absolute atomic E-state index is 14.1. The zero-order valence-electron chi connectivity index (χ0n) is 30.3. The number of likely N-dealkylation sites (tertiary alicyclic amines) is 1. The summed E-state index contributed by atoms with van der Waals surface area (Å²) in [6.45, 7) is 4.02. The fourth-order valence-corrected chi connectivity index (χ4v) is 7.50. The SMILES string of the molecule is CCCCOC(=O)N1CCN(C(=O)C(NC(=O)c2cc(OCC(=O)N3CCCC3C(=O)NC3CCC3)n(-c3ccccc3)n2)C2CCCCC2)CC1. The summed E-state index contributed by atoms with van der Waals surface area (Å²) in [7, 11) is 0.